The molecule has 0 aliphatic carbocycles. The highest BCUT2D eigenvalue weighted by atomic mass is 79.9. The third-order valence-corrected chi connectivity index (χ3v) is 5.23. The van der Waals surface area contributed by atoms with Gasteiger partial charge in [-0.3, -0.25) is 4.79 Å². The molecule has 2 aromatic heterocycles. The average molecular weight is 348 g/mol. The van der Waals surface area contributed by atoms with Crippen molar-refractivity contribution < 1.29 is 4.79 Å². The summed E-state index contributed by atoms with van der Waals surface area (Å²) in [7, 11) is 0. The lowest BCUT2D eigenvalue weighted by molar-refractivity contribution is 0.0620. The zero-order valence-corrected chi connectivity index (χ0v) is 13.3. The molecule has 1 atom stereocenters. The van der Waals surface area contributed by atoms with E-state index in [4.69, 9.17) is 0 Å². The molecule has 3 aliphatic rings. The van der Waals surface area contributed by atoms with Crippen LogP contribution in [0, 0.1) is 5.92 Å². The summed E-state index contributed by atoms with van der Waals surface area (Å²) in [5, 5.41) is 3.24. The number of rotatable bonds is 2. The molecule has 1 unspecified atom stereocenters. The lowest BCUT2D eigenvalue weighted by Gasteiger charge is -2.44. The topological polar surface area (TPSA) is 36.8 Å². The average Bonchev–Trinajstić information content (AvgIpc) is 2.87. The number of amides is 1. The summed E-state index contributed by atoms with van der Waals surface area (Å²) in [6.07, 6.45) is 6.36. The monoisotopic (exact) mass is 347 g/mol. The fourth-order valence-corrected chi connectivity index (χ4v) is 4.05. The van der Waals surface area contributed by atoms with Crippen molar-refractivity contribution in [1.29, 1.82) is 0 Å². The summed E-state index contributed by atoms with van der Waals surface area (Å²) in [5.74, 6) is 0.707. The van der Waals surface area contributed by atoms with Crippen LogP contribution >= 0.6 is 15.9 Å². The van der Waals surface area contributed by atoms with Crippen LogP contribution in [-0.4, -0.2) is 40.9 Å². The molecule has 5 heterocycles. The van der Waals surface area contributed by atoms with E-state index < -0.39 is 0 Å². The number of nitrogens with zero attached hydrogens (tertiary/aromatic N) is 2. The van der Waals surface area contributed by atoms with Crippen LogP contribution in [0.3, 0.4) is 0 Å². The van der Waals surface area contributed by atoms with E-state index >= 15 is 0 Å². The first-order chi connectivity index (χ1) is 10.2. The Morgan fingerprint density at radius 2 is 2.10 bits per heavy atom. The molecule has 21 heavy (non-hydrogen) atoms. The maximum Gasteiger partial charge on any atom is 0.251 e. The number of hydrogen-bond acceptors (Lipinski definition) is 2. The lowest BCUT2D eigenvalue weighted by Crippen LogP contribution is -2.57. The second kappa shape index (κ2) is 5.14. The van der Waals surface area contributed by atoms with Gasteiger partial charge in [0.2, 0.25) is 0 Å². The van der Waals surface area contributed by atoms with E-state index in [0.29, 0.717) is 12.0 Å². The van der Waals surface area contributed by atoms with Gasteiger partial charge in [-0.25, -0.2) is 0 Å². The van der Waals surface area contributed by atoms with Crippen LogP contribution in [0.2, 0.25) is 0 Å². The SMILES string of the molecule is O=C(NC1CN2CCC1CC2)c1ccn2cc(Br)cc2c1. The molecule has 110 valence electrons. The Morgan fingerprint density at radius 3 is 2.81 bits per heavy atom. The smallest absolute Gasteiger partial charge is 0.251 e. The van der Waals surface area contributed by atoms with Crippen molar-refractivity contribution in [2.24, 2.45) is 5.92 Å². The molecule has 5 heteroatoms. The molecule has 0 saturated carbocycles. The molecule has 0 aromatic carbocycles. The molecule has 0 radical (unpaired) electrons. The lowest BCUT2D eigenvalue weighted by atomic mass is 9.84. The summed E-state index contributed by atoms with van der Waals surface area (Å²) >= 11 is 3.46. The quantitative estimate of drug-likeness (QED) is 0.906. The van der Waals surface area contributed by atoms with Crippen molar-refractivity contribution in [2.75, 3.05) is 19.6 Å². The molecular formula is C16H18BrN3O. The molecule has 5 rings (SSSR count). The van der Waals surface area contributed by atoms with Gasteiger partial charge in [0, 0.05) is 40.5 Å². The van der Waals surface area contributed by atoms with Crippen LogP contribution in [0.4, 0.5) is 0 Å². The third kappa shape index (κ3) is 2.49. The highest BCUT2D eigenvalue weighted by Crippen LogP contribution is 2.27. The standard InChI is InChI=1S/C16H18BrN3O/c17-13-8-14-7-12(3-6-20(14)9-13)16(21)18-15-10-19-4-1-11(15)2-5-19/h3,6-9,11,15H,1-2,4-5,10H2,(H,18,21). The largest absolute Gasteiger partial charge is 0.348 e. The van der Waals surface area contributed by atoms with Crippen molar-refractivity contribution >= 4 is 27.4 Å². The van der Waals surface area contributed by atoms with Gasteiger partial charge in [0.05, 0.1) is 0 Å². The number of halogens is 1. The first-order valence-electron chi connectivity index (χ1n) is 7.49. The van der Waals surface area contributed by atoms with Crippen molar-refractivity contribution in [3.8, 4) is 0 Å². The van der Waals surface area contributed by atoms with Crippen molar-refractivity contribution in [3.05, 3.63) is 40.6 Å². The second-order valence-corrected chi connectivity index (χ2v) is 7.04. The van der Waals surface area contributed by atoms with Gasteiger partial charge in [-0.1, -0.05) is 0 Å². The van der Waals surface area contributed by atoms with Crippen LogP contribution in [-0.2, 0) is 0 Å². The first kappa shape index (κ1) is 13.3. The number of fused-ring (bicyclic) bond motifs is 4. The van der Waals surface area contributed by atoms with Gasteiger partial charge < -0.3 is 14.6 Å². The normalized spacial score (nSPS) is 28.0. The molecule has 3 fully saturated rings. The maximum atomic E-state index is 12.5. The number of pyridine rings is 1. The van der Waals surface area contributed by atoms with Gasteiger partial charge in [-0.2, -0.15) is 0 Å². The van der Waals surface area contributed by atoms with E-state index in [1.807, 2.05) is 35.0 Å². The van der Waals surface area contributed by atoms with Crippen LogP contribution in [0.25, 0.3) is 5.52 Å². The van der Waals surface area contributed by atoms with E-state index in [9.17, 15) is 4.79 Å². The Morgan fingerprint density at radius 1 is 1.29 bits per heavy atom. The fraction of sp³-hybridized carbons (Fsp3) is 0.438. The molecule has 0 spiro atoms. The molecule has 2 bridgehead atoms. The van der Waals surface area contributed by atoms with Crippen molar-refractivity contribution in [2.45, 2.75) is 18.9 Å². The molecule has 2 aromatic rings. The Hall–Kier alpha value is -1.33. The fourth-order valence-electron chi connectivity index (χ4n) is 3.60. The summed E-state index contributed by atoms with van der Waals surface area (Å²) in [6.45, 7) is 3.40. The number of carbonyl (C=O) groups is 1. The van der Waals surface area contributed by atoms with Gasteiger partial charge in [0.1, 0.15) is 0 Å². The minimum absolute atomic E-state index is 0.0496. The number of nitrogens with one attached hydrogen (secondary N) is 1. The summed E-state index contributed by atoms with van der Waals surface area (Å²) in [5.41, 5.74) is 1.77. The van der Waals surface area contributed by atoms with Gasteiger partial charge in [-0.15, -0.1) is 0 Å². The number of carbonyl (C=O) groups excluding carboxylic acids is 1. The van der Waals surface area contributed by atoms with Gasteiger partial charge in [-0.05, 0) is 66.0 Å². The Bertz CT molecular complexity index is 688. The summed E-state index contributed by atoms with van der Waals surface area (Å²) in [4.78, 5) is 14.9. The van der Waals surface area contributed by atoms with Crippen LogP contribution < -0.4 is 5.32 Å². The van der Waals surface area contributed by atoms with E-state index in [0.717, 1.165) is 22.1 Å². The van der Waals surface area contributed by atoms with Gasteiger partial charge in [0.15, 0.2) is 0 Å². The third-order valence-electron chi connectivity index (χ3n) is 4.80. The molecular weight excluding hydrogens is 330 g/mol. The highest BCUT2D eigenvalue weighted by molar-refractivity contribution is 9.10. The second-order valence-electron chi connectivity index (χ2n) is 6.12. The van der Waals surface area contributed by atoms with Gasteiger partial charge in [0.25, 0.3) is 5.91 Å². The Kier molecular flexibility index (Phi) is 3.27. The van der Waals surface area contributed by atoms with Crippen LogP contribution in [0.5, 0.6) is 0 Å². The van der Waals surface area contributed by atoms with Gasteiger partial charge >= 0.3 is 0 Å². The molecule has 3 saturated heterocycles. The minimum Gasteiger partial charge on any atom is -0.348 e. The first-order valence-corrected chi connectivity index (χ1v) is 8.29. The number of hydrogen-bond donors (Lipinski definition) is 1. The summed E-state index contributed by atoms with van der Waals surface area (Å²) in [6, 6.07) is 6.16. The molecule has 1 N–H and O–H groups in total. The zero-order chi connectivity index (χ0) is 14.4. The van der Waals surface area contributed by atoms with Crippen LogP contribution in [0.1, 0.15) is 23.2 Å². The predicted octanol–water partition coefficient (Wildman–Crippen LogP) is 2.53. The highest BCUT2D eigenvalue weighted by Gasteiger charge is 2.34. The zero-order valence-electron chi connectivity index (χ0n) is 11.8. The summed E-state index contributed by atoms with van der Waals surface area (Å²) < 4.78 is 3.03. The van der Waals surface area contributed by atoms with Crippen molar-refractivity contribution in [3.63, 3.8) is 0 Å². The van der Waals surface area contributed by atoms with E-state index in [1.54, 1.807) is 0 Å². The number of aromatic nitrogens is 1. The molecule has 1 amide bonds. The van der Waals surface area contributed by atoms with E-state index in [-0.39, 0.29) is 5.91 Å². The van der Waals surface area contributed by atoms with Crippen molar-refractivity contribution in [1.82, 2.24) is 14.6 Å². The number of piperidine rings is 3. The Labute approximate surface area is 132 Å². The maximum absolute atomic E-state index is 12.5. The minimum atomic E-state index is 0.0496. The Balaban J connectivity index is 1.53. The van der Waals surface area contributed by atoms with E-state index in [1.165, 1.54) is 25.9 Å². The van der Waals surface area contributed by atoms with E-state index in [2.05, 4.69) is 26.1 Å². The predicted molar refractivity (Wildman–Crippen MR) is 85.5 cm³/mol. The molecule has 3 aliphatic heterocycles. The van der Waals surface area contributed by atoms with Crippen LogP contribution in [0.15, 0.2) is 35.1 Å². The molecule has 4 nitrogen and oxygen atoms in total.